The van der Waals surface area contributed by atoms with Crippen molar-refractivity contribution >= 4 is 0 Å². The lowest BCUT2D eigenvalue weighted by molar-refractivity contribution is 0.413. The van der Waals surface area contributed by atoms with Crippen molar-refractivity contribution in [3.8, 4) is 0 Å². The summed E-state index contributed by atoms with van der Waals surface area (Å²) in [5.74, 6) is 1.79. The Kier molecular flexibility index (Phi) is 2.72. The molecule has 1 fully saturated rings. The topological polar surface area (TPSA) is 21.9 Å². The molecule has 0 amide bonds. The molecule has 0 aromatic heterocycles. The second kappa shape index (κ2) is 3.38. The first-order valence-corrected chi connectivity index (χ1v) is 4.42. The van der Waals surface area contributed by atoms with Gasteiger partial charge in [0.25, 0.3) is 0 Å². The third-order valence-corrected chi connectivity index (χ3v) is 2.05. The Balaban J connectivity index is 2.02. The molecule has 0 spiro atoms. The molecule has 1 rings (SSSR count). The monoisotopic (exact) mass is 141 g/mol. The van der Waals surface area contributed by atoms with Crippen LogP contribution in [0.3, 0.4) is 0 Å². The number of hydrogen-bond acceptors (Lipinski definition) is 1. The average molecular weight is 141 g/mol. The third kappa shape index (κ3) is 3.21. The van der Waals surface area contributed by atoms with E-state index < -0.39 is 0 Å². The number of hydrogen-bond donors (Lipinski definition) is 1. The van der Waals surface area contributed by atoms with Crippen molar-refractivity contribution in [3.63, 3.8) is 0 Å². The first-order valence-electron chi connectivity index (χ1n) is 4.42. The van der Waals surface area contributed by atoms with Crippen LogP contribution in [0, 0.1) is 11.8 Å². The van der Waals surface area contributed by atoms with Crippen LogP contribution in [-0.4, -0.2) is 12.6 Å². The zero-order chi connectivity index (χ0) is 7.56. The van der Waals surface area contributed by atoms with Crippen molar-refractivity contribution in [2.45, 2.75) is 39.7 Å². The Morgan fingerprint density at radius 2 is 2.00 bits per heavy atom. The predicted octanol–water partition coefficient (Wildman–Crippen LogP) is 2.03. The van der Waals surface area contributed by atoms with E-state index in [2.05, 4.69) is 26.1 Å². The summed E-state index contributed by atoms with van der Waals surface area (Å²) in [6.45, 7) is 8.23. The van der Waals surface area contributed by atoms with Gasteiger partial charge in [-0.05, 0) is 24.7 Å². The van der Waals surface area contributed by atoms with E-state index in [-0.39, 0.29) is 0 Å². The van der Waals surface area contributed by atoms with Gasteiger partial charge >= 0.3 is 0 Å². The van der Waals surface area contributed by atoms with Crippen LogP contribution in [0.4, 0.5) is 0 Å². The van der Waals surface area contributed by atoms with Gasteiger partial charge in [-0.25, -0.2) is 0 Å². The highest BCUT2D eigenvalue weighted by Crippen LogP contribution is 2.19. The second-order valence-electron chi connectivity index (χ2n) is 4.08. The molecule has 1 aliphatic rings. The van der Waals surface area contributed by atoms with Crippen LogP contribution in [0.15, 0.2) is 0 Å². The highest BCUT2D eigenvalue weighted by molar-refractivity contribution is 4.84. The summed E-state index contributed by atoms with van der Waals surface area (Å²) >= 11 is 0. The summed E-state index contributed by atoms with van der Waals surface area (Å²) in [5.41, 5.74) is 0. The van der Waals surface area contributed by atoms with Crippen LogP contribution < -0.4 is 5.32 Å². The minimum Gasteiger partial charge on any atom is -0.311 e. The molecule has 2 unspecified atom stereocenters. The summed E-state index contributed by atoms with van der Waals surface area (Å²) < 4.78 is 0. The molecule has 60 valence electrons. The van der Waals surface area contributed by atoms with Gasteiger partial charge in [0.05, 0.1) is 0 Å². The zero-order valence-corrected chi connectivity index (χ0v) is 7.35. The highest BCUT2D eigenvalue weighted by Gasteiger charge is 2.22. The molecule has 10 heavy (non-hydrogen) atoms. The first kappa shape index (κ1) is 8.06. The van der Waals surface area contributed by atoms with E-state index in [1.807, 2.05) is 0 Å². The lowest BCUT2D eigenvalue weighted by atomic mass is 9.95. The van der Waals surface area contributed by atoms with E-state index in [1.54, 1.807) is 0 Å². The van der Waals surface area contributed by atoms with Gasteiger partial charge in [0.1, 0.15) is 0 Å². The van der Waals surface area contributed by atoms with E-state index in [4.69, 9.17) is 0 Å². The van der Waals surface area contributed by atoms with Crippen LogP contribution in [0.1, 0.15) is 33.6 Å². The fourth-order valence-electron chi connectivity index (χ4n) is 1.64. The molecule has 0 aromatic carbocycles. The van der Waals surface area contributed by atoms with Crippen molar-refractivity contribution in [1.82, 2.24) is 5.32 Å². The van der Waals surface area contributed by atoms with Crippen LogP contribution in [-0.2, 0) is 0 Å². The number of nitrogens with one attached hydrogen (secondary N) is 1. The second-order valence-corrected chi connectivity index (χ2v) is 4.08. The fourth-order valence-corrected chi connectivity index (χ4v) is 1.64. The van der Waals surface area contributed by atoms with Gasteiger partial charge in [-0.1, -0.05) is 20.8 Å². The van der Waals surface area contributed by atoms with Gasteiger partial charge in [0.15, 0.2) is 0 Å². The Morgan fingerprint density at radius 1 is 1.40 bits per heavy atom. The first-order chi connectivity index (χ1) is 4.68. The van der Waals surface area contributed by atoms with Gasteiger partial charge in [0, 0.05) is 12.6 Å². The van der Waals surface area contributed by atoms with Crippen LogP contribution in [0.2, 0.25) is 0 Å². The Hall–Kier alpha value is -0.0400. The largest absolute Gasteiger partial charge is 0.311 e. The molecule has 1 saturated heterocycles. The molecule has 0 aliphatic carbocycles. The fraction of sp³-hybridized carbons (Fsp3) is 1.00. The van der Waals surface area contributed by atoms with Gasteiger partial charge < -0.3 is 5.32 Å². The van der Waals surface area contributed by atoms with Crippen molar-refractivity contribution in [1.29, 1.82) is 0 Å². The summed E-state index contributed by atoms with van der Waals surface area (Å²) in [6, 6.07) is 0.869. The van der Waals surface area contributed by atoms with Crippen LogP contribution in [0.25, 0.3) is 0 Å². The molecule has 0 radical (unpaired) electrons. The van der Waals surface area contributed by atoms with Crippen molar-refractivity contribution in [2.75, 3.05) is 6.54 Å². The summed E-state index contributed by atoms with van der Waals surface area (Å²) in [7, 11) is 0. The van der Waals surface area contributed by atoms with E-state index in [0.717, 1.165) is 17.9 Å². The highest BCUT2D eigenvalue weighted by atomic mass is 15.1. The molecule has 0 saturated carbocycles. The van der Waals surface area contributed by atoms with E-state index in [9.17, 15) is 0 Å². The summed E-state index contributed by atoms with van der Waals surface area (Å²) in [4.78, 5) is 0. The molecule has 0 bridgehead atoms. The molecule has 2 atom stereocenters. The molecule has 1 aliphatic heterocycles. The Bertz CT molecular complexity index is 90.9. The van der Waals surface area contributed by atoms with E-state index in [1.165, 1.54) is 19.4 Å². The predicted molar refractivity (Wildman–Crippen MR) is 45.0 cm³/mol. The molecule has 1 nitrogen and oxygen atoms in total. The minimum atomic E-state index is 0.869. The lowest BCUT2D eigenvalue weighted by Crippen LogP contribution is -2.04. The average Bonchev–Trinajstić information content (AvgIpc) is 2.46. The van der Waals surface area contributed by atoms with Gasteiger partial charge in [-0.15, -0.1) is 0 Å². The molecule has 0 aromatic rings. The molecular weight excluding hydrogens is 122 g/mol. The number of rotatable bonds is 4. The standard InChI is InChI=1S/C9H19N/c1-7(2)4-8(3)5-9-6-10-9/h7-10H,4-6H2,1-3H3. The van der Waals surface area contributed by atoms with Gasteiger partial charge in [0.2, 0.25) is 0 Å². The summed E-state index contributed by atoms with van der Waals surface area (Å²) in [5, 5.41) is 3.34. The quantitative estimate of drug-likeness (QED) is 0.594. The molecule has 1 N–H and O–H groups in total. The maximum absolute atomic E-state index is 3.34. The van der Waals surface area contributed by atoms with Crippen molar-refractivity contribution in [3.05, 3.63) is 0 Å². The SMILES string of the molecule is CC(C)CC(C)CC1CN1. The maximum Gasteiger partial charge on any atom is 0.0195 e. The summed E-state index contributed by atoms with van der Waals surface area (Å²) in [6.07, 6.45) is 2.77. The normalized spacial score (nSPS) is 27.0. The van der Waals surface area contributed by atoms with Crippen molar-refractivity contribution in [2.24, 2.45) is 11.8 Å². The van der Waals surface area contributed by atoms with E-state index >= 15 is 0 Å². The zero-order valence-electron chi connectivity index (χ0n) is 7.35. The van der Waals surface area contributed by atoms with Crippen LogP contribution in [0.5, 0.6) is 0 Å². The molecular formula is C9H19N. The maximum atomic E-state index is 3.34. The lowest BCUT2D eigenvalue weighted by Gasteiger charge is -2.11. The minimum absolute atomic E-state index is 0.869. The van der Waals surface area contributed by atoms with Crippen LogP contribution >= 0.6 is 0 Å². The molecule has 1 heteroatoms. The van der Waals surface area contributed by atoms with E-state index in [0.29, 0.717) is 0 Å². The Morgan fingerprint density at radius 3 is 2.40 bits per heavy atom. The van der Waals surface area contributed by atoms with Crippen molar-refractivity contribution < 1.29 is 0 Å². The smallest absolute Gasteiger partial charge is 0.0195 e. The Labute approximate surface area is 64.2 Å². The third-order valence-electron chi connectivity index (χ3n) is 2.05. The van der Waals surface area contributed by atoms with Gasteiger partial charge in [-0.3, -0.25) is 0 Å². The molecule has 1 heterocycles. The van der Waals surface area contributed by atoms with Gasteiger partial charge in [-0.2, -0.15) is 0 Å².